The lowest BCUT2D eigenvalue weighted by Crippen LogP contribution is -2.42. The predicted molar refractivity (Wildman–Crippen MR) is 120 cm³/mol. The van der Waals surface area contributed by atoms with E-state index < -0.39 is 0 Å². The van der Waals surface area contributed by atoms with Crippen molar-refractivity contribution in [3.63, 3.8) is 0 Å². The lowest BCUT2D eigenvalue weighted by molar-refractivity contribution is -0.132. The van der Waals surface area contributed by atoms with E-state index in [0.717, 1.165) is 22.5 Å². The fourth-order valence-corrected chi connectivity index (χ4v) is 4.27. The van der Waals surface area contributed by atoms with E-state index in [-0.39, 0.29) is 17.7 Å². The number of likely N-dealkylation sites (tertiary alicyclic amines) is 1. The number of carbonyl (C=O) groups is 2. The van der Waals surface area contributed by atoms with E-state index in [1.807, 2.05) is 47.6 Å². The Labute approximate surface area is 174 Å². The molecule has 2 aromatic carbocycles. The van der Waals surface area contributed by atoms with E-state index in [4.69, 9.17) is 0 Å². The van der Waals surface area contributed by atoms with E-state index in [0.29, 0.717) is 31.7 Å². The lowest BCUT2D eigenvalue weighted by atomic mass is 9.95. The second-order valence-corrected chi connectivity index (χ2v) is 8.29. The van der Waals surface area contributed by atoms with Gasteiger partial charge >= 0.3 is 0 Å². The second-order valence-electron chi connectivity index (χ2n) is 7.43. The van der Waals surface area contributed by atoms with Gasteiger partial charge < -0.3 is 15.2 Å². The van der Waals surface area contributed by atoms with Gasteiger partial charge in [0, 0.05) is 46.9 Å². The Balaban J connectivity index is 1.40. The number of piperidine rings is 1. The van der Waals surface area contributed by atoms with Crippen molar-refractivity contribution in [2.24, 2.45) is 5.92 Å². The van der Waals surface area contributed by atoms with E-state index in [2.05, 4.69) is 28.5 Å². The third kappa shape index (κ3) is 4.48. The molecule has 0 unspecified atom stereocenters. The highest BCUT2D eigenvalue weighted by Gasteiger charge is 2.27. The quantitative estimate of drug-likeness (QED) is 0.660. The molecule has 0 bridgehead atoms. The number of fused-ring (bicyclic) bond motifs is 1. The molecule has 4 rings (SSSR count). The summed E-state index contributed by atoms with van der Waals surface area (Å²) < 4.78 is 0. The van der Waals surface area contributed by atoms with E-state index >= 15 is 0 Å². The van der Waals surface area contributed by atoms with Crippen molar-refractivity contribution >= 4 is 40.2 Å². The molecule has 2 heterocycles. The molecule has 0 atom stereocenters. The van der Waals surface area contributed by atoms with Gasteiger partial charge in [0.05, 0.1) is 5.75 Å². The van der Waals surface area contributed by atoms with Crippen molar-refractivity contribution in [2.75, 3.05) is 30.4 Å². The van der Waals surface area contributed by atoms with E-state index in [1.54, 1.807) is 0 Å². The molecule has 0 saturated carbocycles. The molecule has 0 spiro atoms. The minimum atomic E-state index is -0.0509. The van der Waals surface area contributed by atoms with Gasteiger partial charge in [-0.25, -0.2) is 0 Å². The Morgan fingerprint density at radius 3 is 2.66 bits per heavy atom. The maximum Gasteiger partial charge on any atom is 0.232 e. The zero-order valence-corrected chi connectivity index (χ0v) is 17.3. The van der Waals surface area contributed by atoms with Crippen molar-refractivity contribution in [1.29, 1.82) is 0 Å². The maximum absolute atomic E-state index is 12.7. The average Bonchev–Trinajstić information content (AvgIpc) is 3.19. The Bertz CT molecular complexity index is 989. The molecule has 3 aromatic rings. The zero-order chi connectivity index (χ0) is 20.2. The normalized spacial score (nSPS) is 14.9. The third-order valence-electron chi connectivity index (χ3n) is 5.46. The van der Waals surface area contributed by atoms with Gasteiger partial charge in [0.1, 0.15) is 0 Å². The SMILES string of the molecule is CSCC(=O)N1CCC(C(=O)Nc2cccc(-c3cc4ccccc4[nH]3)c2)CC1. The molecular formula is C23H25N3O2S. The van der Waals surface area contributed by atoms with Crippen LogP contribution in [0.15, 0.2) is 54.6 Å². The molecule has 29 heavy (non-hydrogen) atoms. The van der Waals surface area contributed by atoms with Gasteiger partial charge in [-0.1, -0.05) is 30.3 Å². The summed E-state index contributed by atoms with van der Waals surface area (Å²) in [5.41, 5.74) is 3.96. The van der Waals surface area contributed by atoms with Gasteiger partial charge in [0.2, 0.25) is 11.8 Å². The number of H-pyrrole nitrogens is 1. The number of nitrogens with zero attached hydrogens (tertiary/aromatic N) is 1. The summed E-state index contributed by atoms with van der Waals surface area (Å²) in [6, 6.07) is 18.2. The number of hydrogen-bond donors (Lipinski definition) is 2. The van der Waals surface area contributed by atoms with Crippen molar-refractivity contribution in [3.05, 3.63) is 54.6 Å². The highest BCUT2D eigenvalue weighted by molar-refractivity contribution is 7.99. The number of aromatic nitrogens is 1. The molecule has 0 aliphatic carbocycles. The maximum atomic E-state index is 12.7. The van der Waals surface area contributed by atoms with Gasteiger partial charge in [0.25, 0.3) is 0 Å². The van der Waals surface area contributed by atoms with Gasteiger partial charge in [-0.3, -0.25) is 9.59 Å². The standard InChI is InChI=1S/C23H25N3O2S/c1-29-15-22(27)26-11-9-16(10-12-26)23(28)24-19-7-4-6-17(13-19)21-14-18-5-2-3-8-20(18)25-21/h2-8,13-14,16,25H,9-12,15H2,1H3,(H,24,28). The minimum absolute atomic E-state index is 0.0377. The smallest absolute Gasteiger partial charge is 0.232 e. The number of rotatable bonds is 5. The van der Waals surface area contributed by atoms with Crippen molar-refractivity contribution in [3.8, 4) is 11.3 Å². The Morgan fingerprint density at radius 2 is 1.90 bits per heavy atom. The number of hydrogen-bond acceptors (Lipinski definition) is 3. The first-order chi connectivity index (χ1) is 14.1. The van der Waals surface area contributed by atoms with Crippen molar-refractivity contribution in [1.82, 2.24) is 9.88 Å². The monoisotopic (exact) mass is 407 g/mol. The molecule has 5 nitrogen and oxygen atoms in total. The molecule has 1 aliphatic heterocycles. The predicted octanol–water partition coefficient (Wildman–Crippen LogP) is 4.38. The Kier molecular flexibility index (Phi) is 5.90. The van der Waals surface area contributed by atoms with Gasteiger partial charge in [0.15, 0.2) is 0 Å². The number of nitrogens with one attached hydrogen (secondary N) is 2. The van der Waals surface area contributed by atoms with Crippen molar-refractivity contribution in [2.45, 2.75) is 12.8 Å². The minimum Gasteiger partial charge on any atom is -0.355 e. The number of thioether (sulfide) groups is 1. The van der Waals surface area contributed by atoms with Crippen molar-refractivity contribution < 1.29 is 9.59 Å². The van der Waals surface area contributed by atoms with Crippen LogP contribution in [0.5, 0.6) is 0 Å². The number of aromatic amines is 1. The largest absolute Gasteiger partial charge is 0.355 e. The van der Waals surface area contributed by atoms with E-state index in [1.165, 1.54) is 17.1 Å². The summed E-state index contributed by atoms with van der Waals surface area (Å²) in [4.78, 5) is 30.0. The molecule has 150 valence electrons. The van der Waals surface area contributed by atoms with Crippen LogP contribution in [-0.4, -0.2) is 46.8 Å². The second kappa shape index (κ2) is 8.74. The van der Waals surface area contributed by atoms with Gasteiger partial charge in [-0.2, -0.15) is 11.8 Å². The van der Waals surface area contributed by atoms with Gasteiger partial charge in [-0.05, 0) is 43.4 Å². The number of anilines is 1. The molecule has 1 fully saturated rings. The molecular weight excluding hydrogens is 382 g/mol. The first kappa shape index (κ1) is 19.6. The summed E-state index contributed by atoms with van der Waals surface area (Å²) in [5, 5.41) is 4.23. The molecule has 1 aromatic heterocycles. The first-order valence-corrected chi connectivity index (χ1v) is 11.3. The summed E-state index contributed by atoms with van der Waals surface area (Å²) in [6.07, 6.45) is 3.36. The van der Waals surface area contributed by atoms with Gasteiger partial charge in [-0.15, -0.1) is 0 Å². The number of para-hydroxylation sites is 1. The number of amides is 2. The molecule has 1 aliphatic rings. The van der Waals surface area contributed by atoms with Crippen LogP contribution in [0, 0.1) is 5.92 Å². The highest BCUT2D eigenvalue weighted by Crippen LogP contribution is 2.27. The fraction of sp³-hybridized carbons (Fsp3) is 0.304. The van der Waals surface area contributed by atoms with Crippen LogP contribution in [-0.2, 0) is 9.59 Å². The fourth-order valence-electron chi connectivity index (χ4n) is 3.84. The van der Waals surface area contributed by atoms with Crippen LogP contribution in [0.3, 0.4) is 0 Å². The molecule has 0 radical (unpaired) electrons. The number of carbonyl (C=O) groups excluding carboxylic acids is 2. The summed E-state index contributed by atoms with van der Waals surface area (Å²) in [6.45, 7) is 1.32. The first-order valence-electron chi connectivity index (χ1n) is 9.90. The lowest BCUT2D eigenvalue weighted by Gasteiger charge is -2.31. The van der Waals surface area contributed by atoms with Crippen LogP contribution >= 0.6 is 11.8 Å². The van der Waals surface area contributed by atoms with E-state index in [9.17, 15) is 9.59 Å². The number of benzene rings is 2. The zero-order valence-electron chi connectivity index (χ0n) is 16.5. The molecule has 2 amide bonds. The van der Waals surface area contributed by atoms with Crippen LogP contribution in [0.2, 0.25) is 0 Å². The Morgan fingerprint density at radius 1 is 1.10 bits per heavy atom. The topological polar surface area (TPSA) is 65.2 Å². The van der Waals surface area contributed by atoms with Crippen LogP contribution in [0.4, 0.5) is 5.69 Å². The van der Waals surface area contributed by atoms with Crippen LogP contribution in [0.25, 0.3) is 22.2 Å². The summed E-state index contributed by atoms with van der Waals surface area (Å²) >= 11 is 1.54. The molecule has 1 saturated heterocycles. The van der Waals surface area contributed by atoms with Crippen LogP contribution in [0.1, 0.15) is 12.8 Å². The Hall–Kier alpha value is -2.73. The average molecular weight is 408 g/mol. The van der Waals surface area contributed by atoms with Crippen LogP contribution < -0.4 is 5.32 Å². The summed E-state index contributed by atoms with van der Waals surface area (Å²) in [7, 11) is 0. The summed E-state index contributed by atoms with van der Waals surface area (Å²) in [5.74, 6) is 0.667. The third-order valence-corrected chi connectivity index (χ3v) is 5.99. The molecule has 6 heteroatoms. The highest BCUT2D eigenvalue weighted by atomic mass is 32.2. The molecule has 2 N–H and O–H groups in total.